The second-order valence-corrected chi connectivity index (χ2v) is 15.7. The molecule has 1 spiro atoms. The van der Waals surface area contributed by atoms with Crippen molar-refractivity contribution in [1.29, 1.82) is 0 Å². The number of anilines is 1. The highest BCUT2D eigenvalue weighted by Crippen LogP contribution is 2.63. The van der Waals surface area contributed by atoms with E-state index in [1.807, 2.05) is 31.2 Å². The Morgan fingerprint density at radius 1 is 0.559 bits per heavy atom. The molecule has 282 valence electrons. The molecule has 0 unspecified atom stereocenters. The van der Waals surface area contributed by atoms with Gasteiger partial charge in [-0.2, -0.15) is 0 Å². The second-order valence-electron chi connectivity index (χ2n) is 15.7. The molecule has 0 saturated carbocycles. The number of aliphatic imine (C=N–C) groups is 1. The van der Waals surface area contributed by atoms with Crippen molar-refractivity contribution in [1.82, 2.24) is 0 Å². The summed E-state index contributed by atoms with van der Waals surface area (Å²) in [5.74, 6) is 0. The van der Waals surface area contributed by atoms with Crippen LogP contribution in [0.5, 0.6) is 0 Å². The third kappa shape index (κ3) is 5.83. The zero-order valence-electron chi connectivity index (χ0n) is 33.5. The maximum atomic E-state index is 4.35. The number of aryl methyl sites for hydroxylation is 1. The Labute approximate surface area is 347 Å². The minimum atomic E-state index is -0.433. The van der Waals surface area contributed by atoms with Crippen LogP contribution >= 0.6 is 0 Å². The van der Waals surface area contributed by atoms with Crippen molar-refractivity contribution in [2.24, 2.45) is 4.99 Å². The summed E-state index contributed by atoms with van der Waals surface area (Å²) >= 11 is 0. The van der Waals surface area contributed by atoms with Gasteiger partial charge in [-0.05, 0) is 152 Å². The first kappa shape index (κ1) is 36.1. The van der Waals surface area contributed by atoms with E-state index in [1.165, 1.54) is 88.7 Å². The maximum Gasteiger partial charge on any atom is 0.0855 e. The van der Waals surface area contributed by atoms with E-state index in [2.05, 4.69) is 200 Å². The first-order chi connectivity index (χ1) is 29.0. The minimum Gasteiger partial charge on any atom is -0.335 e. The highest BCUT2D eigenvalue weighted by atomic mass is 15.1. The standard InChI is InChI=1S/C57H44N2/c1-5-14-55(58-4)56(6-2)59(46-15-8-7-9-16-46)37-39-23-26-42-34-43(28-27-41(42)33-39)45-30-32-50-49-31-29-44(40-24-21-38(3)22-25-40)35-53(49)57(54(50)36-45)51-19-12-10-17-47(51)48-18-11-13-20-52(48)57/h5-36H,2,4,37H2,1,3H3/b14-5-,56-55-. The van der Waals surface area contributed by atoms with Gasteiger partial charge in [0.1, 0.15) is 0 Å². The molecule has 10 rings (SSSR count). The molecule has 0 amide bonds. The molecule has 59 heavy (non-hydrogen) atoms. The summed E-state index contributed by atoms with van der Waals surface area (Å²) in [6.45, 7) is 12.8. The van der Waals surface area contributed by atoms with Crippen molar-refractivity contribution in [2.75, 3.05) is 4.90 Å². The van der Waals surface area contributed by atoms with Crippen LogP contribution < -0.4 is 4.90 Å². The van der Waals surface area contributed by atoms with E-state index in [0.717, 1.165) is 17.1 Å². The Balaban J connectivity index is 1.08. The molecule has 2 heteroatoms. The Bertz CT molecular complexity index is 2970. The highest BCUT2D eigenvalue weighted by molar-refractivity contribution is 5.97. The van der Waals surface area contributed by atoms with Crippen molar-refractivity contribution in [2.45, 2.75) is 25.8 Å². The van der Waals surface area contributed by atoms with Gasteiger partial charge in [-0.3, -0.25) is 4.99 Å². The fraction of sp³-hybridized carbons (Fsp3) is 0.0702. The first-order valence-corrected chi connectivity index (χ1v) is 20.4. The molecule has 8 aromatic carbocycles. The Morgan fingerprint density at radius 3 is 1.71 bits per heavy atom. The number of hydrogen-bond acceptors (Lipinski definition) is 2. The van der Waals surface area contributed by atoms with Gasteiger partial charge in [0.15, 0.2) is 0 Å². The lowest BCUT2D eigenvalue weighted by molar-refractivity contribution is 0.794. The number of para-hydroxylation sites is 1. The van der Waals surface area contributed by atoms with Gasteiger partial charge in [-0.15, -0.1) is 0 Å². The SMILES string of the molecule is C=C/C(=C(\C=C/C)N=C)N(Cc1ccc2cc(-c3ccc4c(c3)C3(c5ccccc5-c5ccccc53)c3cc(-c5ccc(C)cc5)ccc3-4)ccc2c1)c1ccccc1. The van der Waals surface area contributed by atoms with Crippen molar-refractivity contribution in [3.05, 3.63) is 246 Å². The molecule has 0 aliphatic heterocycles. The van der Waals surface area contributed by atoms with E-state index in [-0.39, 0.29) is 0 Å². The molecule has 0 heterocycles. The van der Waals surface area contributed by atoms with Crippen LogP contribution in [0.3, 0.4) is 0 Å². The van der Waals surface area contributed by atoms with Gasteiger partial charge in [0.25, 0.3) is 0 Å². The Morgan fingerprint density at radius 2 is 1.08 bits per heavy atom. The largest absolute Gasteiger partial charge is 0.335 e. The van der Waals surface area contributed by atoms with E-state index in [9.17, 15) is 0 Å². The third-order valence-electron chi connectivity index (χ3n) is 12.4. The summed E-state index contributed by atoms with van der Waals surface area (Å²) in [7, 11) is 0. The van der Waals surface area contributed by atoms with Gasteiger partial charge in [0.2, 0.25) is 0 Å². The predicted octanol–water partition coefficient (Wildman–Crippen LogP) is 14.5. The van der Waals surface area contributed by atoms with E-state index in [1.54, 1.807) is 0 Å². The van der Waals surface area contributed by atoms with E-state index >= 15 is 0 Å². The second kappa shape index (κ2) is 14.6. The molecular formula is C57H44N2. The van der Waals surface area contributed by atoms with Crippen LogP contribution in [-0.2, 0) is 12.0 Å². The third-order valence-corrected chi connectivity index (χ3v) is 12.4. The summed E-state index contributed by atoms with van der Waals surface area (Å²) in [4.78, 5) is 6.61. The molecular weight excluding hydrogens is 713 g/mol. The Hall–Kier alpha value is -7.29. The molecule has 0 fully saturated rings. The van der Waals surface area contributed by atoms with Crippen molar-refractivity contribution < 1.29 is 0 Å². The Kier molecular flexibility index (Phi) is 8.91. The first-order valence-electron chi connectivity index (χ1n) is 20.4. The number of hydrogen-bond donors (Lipinski definition) is 0. The van der Waals surface area contributed by atoms with E-state index in [0.29, 0.717) is 6.54 Å². The summed E-state index contributed by atoms with van der Waals surface area (Å²) in [6, 6.07) is 65.4. The molecule has 0 bridgehead atoms. The van der Waals surface area contributed by atoms with Crippen LogP contribution in [0.25, 0.3) is 55.3 Å². The zero-order chi connectivity index (χ0) is 40.1. The number of benzene rings is 8. The van der Waals surface area contributed by atoms with Gasteiger partial charge < -0.3 is 4.90 Å². The molecule has 0 atom stereocenters. The summed E-state index contributed by atoms with van der Waals surface area (Å²) in [5.41, 5.74) is 20.3. The molecule has 0 N–H and O–H groups in total. The molecule has 2 aliphatic rings. The topological polar surface area (TPSA) is 15.6 Å². The molecule has 2 nitrogen and oxygen atoms in total. The lowest BCUT2D eigenvalue weighted by atomic mass is 9.70. The van der Waals surface area contributed by atoms with Crippen LogP contribution in [-0.4, -0.2) is 6.72 Å². The molecule has 0 radical (unpaired) electrons. The number of nitrogens with zero attached hydrogens (tertiary/aromatic N) is 2. The van der Waals surface area contributed by atoms with Crippen molar-refractivity contribution in [3.8, 4) is 44.5 Å². The average Bonchev–Trinajstić information content (AvgIpc) is 3.75. The van der Waals surface area contributed by atoms with Crippen LogP contribution in [0.15, 0.2) is 217 Å². The van der Waals surface area contributed by atoms with Crippen LogP contribution in [0.4, 0.5) is 5.69 Å². The van der Waals surface area contributed by atoms with Crippen LogP contribution in [0.2, 0.25) is 0 Å². The smallest absolute Gasteiger partial charge is 0.0855 e. The maximum absolute atomic E-state index is 4.35. The molecule has 8 aromatic rings. The molecule has 2 aliphatic carbocycles. The lowest BCUT2D eigenvalue weighted by Gasteiger charge is -2.31. The quantitative estimate of drug-likeness (QED) is 0.106. The van der Waals surface area contributed by atoms with Gasteiger partial charge in [-0.1, -0.05) is 158 Å². The van der Waals surface area contributed by atoms with Crippen molar-refractivity contribution in [3.63, 3.8) is 0 Å². The van der Waals surface area contributed by atoms with Crippen molar-refractivity contribution >= 4 is 23.2 Å². The van der Waals surface area contributed by atoms with E-state index in [4.69, 9.17) is 0 Å². The summed E-state index contributed by atoms with van der Waals surface area (Å²) < 4.78 is 0. The van der Waals surface area contributed by atoms with Gasteiger partial charge in [0, 0.05) is 12.2 Å². The number of fused-ring (bicyclic) bond motifs is 11. The number of allylic oxidation sites excluding steroid dienone is 3. The lowest BCUT2D eigenvalue weighted by Crippen LogP contribution is -2.26. The van der Waals surface area contributed by atoms with E-state index < -0.39 is 5.41 Å². The monoisotopic (exact) mass is 756 g/mol. The van der Waals surface area contributed by atoms with Gasteiger partial charge >= 0.3 is 0 Å². The molecule has 0 saturated heterocycles. The number of rotatable bonds is 9. The molecule has 0 aromatic heterocycles. The van der Waals surface area contributed by atoms with Gasteiger partial charge in [0.05, 0.1) is 16.8 Å². The zero-order valence-corrected chi connectivity index (χ0v) is 33.5. The summed E-state index contributed by atoms with van der Waals surface area (Å²) in [5, 5.41) is 2.41. The summed E-state index contributed by atoms with van der Waals surface area (Å²) in [6.07, 6.45) is 5.83. The fourth-order valence-corrected chi connectivity index (χ4v) is 9.65. The predicted molar refractivity (Wildman–Crippen MR) is 250 cm³/mol. The normalized spacial score (nSPS) is 13.5. The van der Waals surface area contributed by atoms with Crippen LogP contribution in [0, 0.1) is 6.92 Å². The van der Waals surface area contributed by atoms with Crippen LogP contribution in [0.1, 0.15) is 40.3 Å². The average molecular weight is 757 g/mol. The minimum absolute atomic E-state index is 0.433. The highest BCUT2D eigenvalue weighted by Gasteiger charge is 2.51. The fourth-order valence-electron chi connectivity index (χ4n) is 9.65. The van der Waals surface area contributed by atoms with Gasteiger partial charge in [-0.25, -0.2) is 0 Å².